The van der Waals surface area contributed by atoms with E-state index in [0.29, 0.717) is 11.3 Å². The third-order valence-corrected chi connectivity index (χ3v) is 5.98. The molecule has 2 aromatic rings. The van der Waals surface area contributed by atoms with E-state index in [0.717, 1.165) is 5.56 Å². The highest BCUT2D eigenvalue weighted by Crippen LogP contribution is 2.35. The first-order chi connectivity index (χ1) is 16.6. The molecule has 3 rings (SSSR count). The number of nitrogens with one attached hydrogen (secondary N) is 1. The fraction of sp³-hybridized carbons (Fsp3) is 0.333. The summed E-state index contributed by atoms with van der Waals surface area (Å²) in [6, 6.07) is 17.9. The molecular weight excluding hydrogens is 444 g/mol. The lowest BCUT2D eigenvalue weighted by molar-refractivity contribution is -0.149. The summed E-state index contributed by atoms with van der Waals surface area (Å²) in [4.78, 5) is 41.4. The van der Waals surface area contributed by atoms with E-state index in [1.165, 1.54) is 23.6 Å². The molecule has 0 saturated carbocycles. The largest absolute Gasteiger partial charge is 0.358 e. The molecule has 0 spiro atoms. The van der Waals surface area contributed by atoms with Gasteiger partial charge in [0, 0.05) is 20.0 Å². The van der Waals surface area contributed by atoms with Gasteiger partial charge < -0.3 is 15.3 Å². The van der Waals surface area contributed by atoms with Gasteiger partial charge >= 0.3 is 0 Å². The Balaban J connectivity index is 2.28. The zero-order valence-corrected chi connectivity index (χ0v) is 20.3. The molecule has 0 radical (unpaired) electrons. The van der Waals surface area contributed by atoms with Crippen LogP contribution in [-0.4, -0.2) is 50.4 Å². The predicted octanol–water partition coefficient (Wildman–Crippen LogP) is 2.66. The number of nitriles is 1. The van der Waals surface area contributed by atoms with Crippen LogP contribution < -0.4 is 5.32 Å². The molecule has 2 N–H and O–H groups in total. The van der Waals surface area contributed by atoms with Crippen molar-refractivity contribution in [1.29, 1.82) is 5.26 Å². The molecule has 0 saturated heterocycles. The van der Waals surface area contributed by atoms with E-state index in [1.807, 2.05) is 56.3 Å². The van der Waals surface area contributed by atoms with Crippen LogP contribution in [0, 0.1) is 17.2 Å². The molecule has 1 aliphatic rings. The zero-order chi connectivity index (χ0) is 25.8. The van der Waals surface area contributed by atoms with Crippen molar-refractivity contribution in [2.24, 2.45) is 5.92 Å². The van der Waals surface area contributed by atoms with Gasteiger partial charge in [-0.2, -0.15) is 5.26 Å². The zero-order valence-electron chi connectivity index (χ0n) is 20.3. The molecule has 1 heterocycles. The van der Waals surface area contributed by atoms with Crippen molar-refractivity contribution in [1.82, 2.24) is 15.1 Å². The minimum atomic E-state index is -2.40. The van der Waals surface area contributed by atoms with Crippen molar-refractivity contribution in [3.05, 3.63) is 78.0 Å². The van der Waals surface area contributed by atoms with Gasteiger partial charge in [0.1, 0.15) is 18.2 Å². The van der Waals surface area contributed by atoms with Gasteiger partial charge in [0.05, 0.1) is 5.70 Å². The molecule has 8 nitrogen and oxygen atoms in total. The molecule has 0 aliphatic carbocycles. The van der Waals surface area contributed by atoms with Crippen molar-refractivity contribution in [3.63, 3.8) is 0 Å². The lowest BCUT2D eigenvalue weighted by Crippen LogP contribution is -2.66. The molecule has 3 atom stereocenters. The molecule has 0 aromatic heterocycles. The fourth-order valence-electron chi connectivity index (χ4n) is 4.41. The maximum absolute atomic E-state index is 14.1. The normalized spacial score (nSPS) is 18.4. The van der Waals surface area contributed by atoms with Crippen molar-refractivity contribution in [2.45, 2.75) is 51.9 Å². The molecule has 35 heavy (non-hydrogen) atoms. The quantitative estimate of drug-likeness (QED) is 0.473. The van der Waals surface area contributed by atoms with E-state index in [-0.39, 0.29) is 18.2 Å². The monoisotopic (exact) mass is 474 g/mol. The van der Waals surface area contributed by atoms with Crippen LogP contribution in [0.1, 0.15) is 38.8 Å². The van der Waals surface area contributed by atoms with Crippen LogP contribution in [0.15, 0.2) is 66.9 Å². The van der Waals surface area contributed by atoms with E-state index in [2.05, 4.69) is 5.32 Å². The van der Waals surface area contributed by atoms with Crippen molar-refractivity contribution in [2.75, 3.05) is 0 Å². The molecular formula is C27H30N4O4. The Morgan fingerprint density at radius 2 is 1.66 bits per heavy atom. The Labute approximate surface area is 205 Å². The first kappa shape index (κ1) is 25.7. The van der Waals surface area contributed by atoms with Crippen molar-refractivity contribution < 1.29 is 19.5 Å². The van der Waals surface area contributed by atoms with Gasteiger partial charge in [-0.25, -0.2) is 0 Å². The summed E-state index contributed by atoms with van der Waals surface area (Å²) in [7, 11) is 0. The summed E-state index contributed by atoms with van der Waals surface area (Å²) < 4.78 is 0. The van der Waals surface area contributed by atoms with E-state index < -0.39 is 29.6 Å². The number of carbonyl (C=O) groups excluding carboxylic acids is 3. The smallest absolute Gasteiger partial charge is 0.250 e. The van der Waals surface area contributed by atoms with Crippen LogP contribution in [0.25, 0.3) is 5.70 Å². The van der Waals surface area contributed by atoms with Gasteiger partial charge in [-0.3, -0.25) is 19.3 Å². The van der Waals surface area contributed by atoms with Crippen LogP contribution in [0.5, 0.6) is 0 Å². The Kier molecular flexibility index (Phi) is 7.72. The number of amides is 3. The van der Waals surface area contributed by atoms with Gasteiger partial charge in [-0.15, -0.1) is 0 Å². The van der Waals surface area contributed by atoms with E-state index in [9.17, 15) is 24.8 Å². The highest BCUT2D eigenvalue weighted by molar-refractivity contribution is 5.97. The third-order valence-electron chi connectivity index (χ3n) is 5.98. The fourth-order valence-corrected chi connectivity index (χ4v) is 4.41. The summed E-state index contributed by atoms with van der Waals surface area (Å²) >= 11 is 0. The predicted molar refractivity (Wildman–Crippen MR) is 131 cm³/mol. The number of hydrogen-bond donors (Lipinski definition) is 2. The topological polar surface area (TPSA) is 114 Å². The van der Waals surface area contributed by atoms with Gasteiger partial charge in [0.2, 0.25) is 17.5 Å². The molecule has 0 bridgehead atoms. The number of hydrogen-bond acceptors (Lipinski definition) is 5. The Bertz CT molecular complexity index is 1160. The summed E-state index contributed by atoms with van der Waals surface area (Å²) in [5.41, 5.74) is -0.671. The van der Waals surface area contributed by atoms with Crippen molar-refractivity contribution >= 4 is 23.4 Å². The highest BCUT2D eigenvalue weighted by atomic mass is 16.3. The Morgan fingerprint density at radius 3 is 2.14 bits per heavy atom. The number of benzene rings is 2. The third kappa shape index (κ3) is 5.42. The van der Waals surface area contributed by atoms with Crippen molar-refractivity contribution in [3.8, 4) is 6.07 Å². The van der Waals surface area contributed by atoms with Crippen LogP contribution >= 0.6 is 0 Å². The average Bonchev–Trinajstić information content (AvgIpc) is 2.82. The number of rotatable bonds is 7. The van der Waals surface area contributed by atoms with E-state index >= 15 is 0 Å². The second-order valence-corrected chi connectivity index (χ2v) is 8.97. The number of nitrogens with zero attached hydrogens (tertiary/aromatic N) is 3. The van der Waals surface area contributed by atoms with E-state index in [4.69, 9.17) is 0 Å². The maximum atomic E-state index is 14.1. The molecule has 8 heteroatoms. The van der Waals surface area contributed by atoms with Gasteiger partial charge in [0.15, 0.2) is 0 Å². The first-order valence-electron chi connectivity index (χ1n) is 11.4. The summed E-state index contributed by atoms with van der Waals surface area (Å²) in [5.74, 6) is -1.62. The second kappa shape index (κ2) is 10.5. The Morgan fingerprint density at radius 1 is 1.09 bits per heavy atom. The first-order valence-corrected chi connectivity index (χ1v) is 11.4. The molecule has 2 aromatic carbocycles. The molecule has 182 valence electrons. The van der Waals surface area contributed by atoms with Gasteiger partial charge in [-0.05, 0) is 23.5 Å². The number of aliphatic hydroxyl groups is 1. The molecule has 1 aliphatic heterocycles. The van der Waals surface area contributed by atoms with Gasteiger partial charge in [-0.1, -0.05) is 74.5 Å². The molecule has 2 unspecified atom stereocenters. The average molecular weight is 475 g/mol. The summed E-state index contributed by atoms with van der Waals surface area (Å²) in [6.45, 7) is 6.24. The van der Waals surface area contributed by atoms with Crippen LogP contribution in [-0.2, 0) is 20.8 Å². The maximum Gasteiger partial charge on any atom is 0.250 e. The summed E-state index contributed by atoms with van der Waals surface area (Å²) in [6.07, 6.45) is 1.67. The standard InChI is InChI=1S/C27H30N4O4/c1-18(2)25-26(34)31(23(16-30(25)20(4)33)22-13-9-6-10-14-22)24(15-21-11-7-5-8-12-21)27(35,17-28)29-19(3)32/h5-14,16,18,24-25,35H,15H2,1-4H3,(H,29,32)/t24-,25?,27?/m0/s1. The minimum Gasteiger partial charge on any atom is -0.358 e. The molecule has 0 fully saturated rings. The van der Waals surface area contributed by atoms with Gasteiger partial charge in [0.25, 0.3) is 5.91 Å². The van der Waals surface area contributed by atoms with Crippen LogP contribution in [0.2, 0.25) is 0 Å². The minimum absolute atomic E-state index is 0.0754. The van der Waals surface area contributed by atoms with Crippen LogP contribution in [0.3, 0.4) is 0 Å². The second-order valence-electron chi connectivity index (χ2n) is 8.97. The van der Waals surface area contributed by atoms with Crippen LogP contribution in [0.4, 0.5) is 0 Å². The van der Waals surface area contributed by atoms with E-state index in [1.54, 1.807) is 30.5 Å². The molecule has 3 amide bonds. The summed E-state index contributed by atoms with van der Waals surface area (Å²) in [5, 5.41) is 23.8. The highest BCUT2D eigenvalue weighted by Gasteiger charge is 2.50. The Hall–Kier alpha value is -3.96. The lowest BCUT2D eigenvalue weighted by Gasteiger charge is -2.47. The lowest BCUT2D eigenvalue weighted by atomic mass is 9.89. The SMILES string of the molecule is CC(=O)NC(O)(C#N)[C@H](Cc1ccccc1)N1C(=O)C(C(C)C)N(C(C)=O)C=C1c1ccccc1. The number of carbonyl (C=O) groups is 3.